The minimum absolute atomic E-state index is 0.195. The SMILES string of the molecule is CCC(N)C(c1cc(Br)cs1)N1CC=C(C(C)(C)C)CC1. The maximum atomic E-state index is 6.44. The van der Waals surface area contributed by atoms with Gasteiger partial charge in [-0.25, -0.2) is 0 Å². The monoisotopic (exact) mass is 370 g/mol. The number of hydrogen-bond donors (Lipinski definition) is 1. The molecule has 0 spiro atoms. The Morgan fingerprint density at radius 3 is 2.57 bits per heavy atom. The maximum Gasteiger partial charge on any atom is 0.0596 e. The average Bonchev–Trinajstić information content (AvgIpc) is 2.84. The molecule has 0 saturated carbocycles. The molecule has 2 unspecified atom stereocenters. The molecule has 1 aromatic heterocycles. The number of rotatable bonds is 4. The van der Waals surface area contributed by atoms with Gasteiger partial charge < -0.3 is 5.73 Å². The minimum Gasteiger partial charge on any atom is -0.326 e. The van der Waals surface area contributed by atoms with Crippen LogP contribution in [0.5, 0.6) is 0 Å². The molecule has 0 bridgehead atoms. The number of nitrogens with zero attached hydrogens (tertiary/aromatic N) is 1. The second-order valence-corrected chi connectivity index (χ2v) is 8.77. The molecule has 0 amide bonds. The number of thiophene rings is 1. The van der Waals surface area contributed by atoms with Gasteiger partial charge in [-0.05, 0) is 40.3 Å². The third-order valence-electron chi connectivity index (χ3n) is 4.35. The predicted molar refractivity (Wildman–Crippen MR) is 96.8 cm³/mol. The summed E-state index contributed by atoms with van der Waals surface area (Å²) in [5, 5.41) is 2.16. The molecule has 2 heterocycles. The van der Waals surface area contributed by atoms with E-state index in [0.717, 1.165) is 25.9 Å². The second kappa shape index (κ2) is 6.95. The van der Waals surface area contributed by atoms with Crippen LogP contribution in [-0.2, 0) is 0 Å². The fourth-order valence-corrected chi connectivity index (χ4v) is 4.64. The average molecular weight is 371 g/mol. The Hall–Kier alpha value is -0.160. The summed E-state index contributed by atoms with van der Waals surface area (Å²) >= 11 is 5.38. The van der Waals surface area contributed by atoms with Crippen LogP contribution in [0.2, 0.25) is 0 Å². The maximum absolute atomic E-state index is 6.44. The summed E-state index contributed by atoms with van der Waals surface area (Å²) in [7, 11) is 0. The quantitative estimate of drug-likeness (QED) is 0.758. The fraction of sp³-hybridized carbons (Fsp3) is 0.647. The van der Waals surface area contributed by atoms with E-state index in [4.69, 9.17) is 5.73 Å². The van der Waals surface area contributed by atoms with Gasteiger partial charge in [-0.2, -0.15) is 0 Å². The van der Waals surface area contributed by atoms with E-state index in [2.05, 4.69) is 66.0 Å². The lowest BCUT2D eigenvalue weighted by molar-refractivity contribution is 0.179. The van der Waals surface area contributed by atoms with Gasteiger partial charge in [-0.1, -0.05) is 39.3 Å². The third kappa shape index (κ3) is 4.19. The summed E-state index contributed by atoms with van der Waals surface area (Å²) < 4.78 is 1.17. The van der Waals surface area contributed by atoms with Crippen molar-refractivity contribution in [3.63, 3.8) is 0 Å². The summed E-state index contributed by atoms with van der Waals surface area (Å²) in [6, 6.07) is 2.76. The van der Waals surface area contributed by atoms with Crippen LogP contribution < -0.4 is 5.73 Å². The van der Waals surface area contributed by atoms with Gasteiger partial charge in [0.1, 0.15) is 0 Å². The molecule has 0 aliphatic carbocycles. The van der Waals surface area contributed by atoms with Crippen LogP contribution in [0.15, 0.2) is 27.6 Å². The van der Waals surface area contributed by atoms with Crippen molar-refractivity contribution in [2.45, 2.75) is 52.6 Å². The number of hydrogen-bond acceptors (Lipinski definition) is 3. The first-order valence-corrected chi connectivity index (χ1v) is 9.43. The molecular weight excluding hydrogens is 344 g/mol. The van der Waals surface area contributed by atoms with Crippen LogP contribution in [0.25, 0.3) is 0 Å². The Balaban J connectivity index is 2.19. The molecule has 4 heteroatoms. The summed E-state index contributed by atoms with van der Waals surface area (Å²) in [6.07, 6.45) is 4.58. The molecule has 1 aromatic rings. The highest BCUT2D eigenvalue weighted by molar-refractivity contribution is 9.10. The van der Waals surface area contributed by atoms with E-state index in [1.54, 1.807) is 5.57 Å². The van der Waals surface area contributed by atoms with Gasteiger partial charge in [-0.3, -0.25) is 4.90 Å². The highest BCUT2D eigenvalue weighted by atomic mass is 79.9. The zero-order chi connectivity index (χ0) is 15.6. The van der Waals surface area contributed by atoms with Gasteiger partial charge in [0.05, 0.1) is 6.04 Å². The van der Waals surface area contributed by atoms with Gasteiger partial charge in [0.15, 0.2) is 0 Å². The van der Waals surface area contributed by atoms with E-state index in [0.29, 0.717) is 11.5 Å². The highest BCUT2D eigenvalue weighted by Crippen LogP contribution is 2.36. The van der Waals surface area contributed by atoms with E-state index >= 15 is 0 Å². The zero-order valence-corrected chi connectivity index (χ0v) is 15.9. The lowest BCUT2D eigenvalue weighted by atomic mass is 9.82. The van der Waals surface area contributed by atoms with Crippen LogP contribution in [0.4, 0.5) is 0 Å². The van der Waals surface area contributed by atoms with Crippen molar-refractivity contribution < 1.29 is 0 Å². The number of nitrogens with two attached hydrogens (primary N) is 1. The van der Waals surface area contributed by atoms with Crippen LogP contribution in [0, 0.1) is 5.41 Å². The molecule has 0 aromatic carbocycles. The van der Waals surface area contributed by atoms with Crippen LogP contribution in [0.1, 0.15) is 51.5 Å². The van der Waals surface area contributed by atoms with E-state index in [1.165, 1.54) is 9.35 Å². The standard InChI is InChI=1S/C17H27BrN2S/c1-5-14(19)16(15-10-13(18)11-21-15)20-8-6-12(7-9-20)17(2,3)4/h6,10-11,14,16H,5,7-9,19H2,1-4H3. The minimum atomic E-state index is 0.195. The van der Waals surface area contributed by atoms with Crippen molar-refractivity contribution in [3.05, 3.63) is 32.4 Å². The van der Waals surface area contributed by atoms with Crippen molar-refractivity contribution >= 4 is 27.3 Å². The molecule has 1 aliphatic heterocycles. The number of halogens is 1. The molecule has 0 saturated heterocycles. The molecule has 2 nitrogen and oxygen atoms in total. The summed E-state index contributed by atoms with van der Waals surface area (Å²) in [4.78, 5) is 3.92. The molecule has 2 rings (SSSR count). The first-order chi connectivity index (χ1) is 9.82. The van der Waals surface area contributed by atoms with Crippen LogP contribution in [0.3, 0.4) is 0 Å². The van der Waals surface area contributed by atoms with Gasteiger partial charge in [0.2, 0.25) is 0 Å². The van der Waals surface area contributed by atoms with E-state index < -0.39 is 0 Å². The summed E-state index contributed by atoms with van der Waals surface area (Å²) in [6.45, 7) is 11.2. The van der Waals surface area contributed by atoms with Crippen molar-refractivity contribution in [2.75, 3.05) is 13.1 Å². The molecule has 0 fully saturated rings. The molecule has 0 radical (unpaired) electrons. The normalized spacial score (nSPS) is 20.2. The first kappa shape index (κ1) is 17.2. The lowest BCUT2D eigenvalue weighted by Crippen LogP contribution is -2.43. The van der Waals surface area contributed by atoms with Gasteiger partial charge in [0.25, 0.3) is 0 Å². The highest BCUT2D eigenvalue weighted by Gasteiger charge is 2.30. The zero-order valence-electron chi connectivity index (χ0n) is 13.5. The molecule has 1 aliphatic rings. The van der Waals surface area contributed by atoms with E-state index in [9.17, 15) is 0 Å². The molecule has 2 N–H and O–H groups in total. The largest absolute Gasteiger partial charge is 0.326 e. The Morgan fingerprint density at radius 2 is 2.14 bits per heavy atom. The first-order valence-electron chi connectivity index (χ1n) is 7.76. The van der Waals surface area contributed by atoms with E-state index in [1.807, 2.05) is 11.3 Å². The van der Waals surface area contributed by atoms with Crippen LogP contribution >= 0.6 is 27.3 Å². The Bertz CT molecular complexity index is 501. The third-order valence-corrected chi connectivity index (χ3v) is 6.12. The second-order valence-electron chi connectivity index (χ2n) is 6.91. The predicted octanol–water partition coefficient (Wildman–Crippen LogP) is 4.97. The summed E-state index contributed by atoms with van der Waals surface area (Å²) in [5.41, 5.74) is 8.31. The fourth-order valence-electron chi connectivity index (χ4n) is 2.99. The Kier molecular flexibility index (Phi) is 5.69. The smallest absolute Gasteiger partial charge is 0.0596 e. The molecule has 118 valence electrons. The van der Waals surface area contributed by atoms with Crippen molar-refractivity contribution in [1.82, 2.24) is 4.90 Å². The van der Waals surface area contributed by atoms with Crippen molar-refractivity contribution in [3.8, 4) is 0 Å². The van der Waals surface area contributed by atoms with Gasteiger partial charge >= 0.3 is 0 Å². The Labute approximate surface area is 141 Å². The topological polar surface area (TPSA) is 29.3 Å². The molecular formula is C17H27BrN2S. The van der Waals surface area contributed by atoms with E-state index in [-0.39, 0.29) is 6.04 Å². The molecule has 2 atom stereocenters. The van der Waals surface area contributed by atoms with Gasteiger partial charge in [-0.15, -0.1) is 11.3 Å². The van der Waals surface area contributed by atoms with Crippen molar-refractivity contribution in [1.29, 1.82) is 0 Å². The Morgan fingerprint density at radius 1 is 1.43 bits per heavy atom. The van der Waals surface area contributed by atoms with Crippen molar-refractivity contribution in [2.24, 2.45) is 11.1 Å². The summed E-state index contributed by atoms with van der Waals surface area (Å²) in [5.74, 6) is 0. The van der Waals surface area contributed by atoms with Crippen LogP contribution in [-0.4, -0.2) is 24.0 Å². The molecule has 21 heavy (non-hydrogen) atoms. The lowest BCUT2D eigenvalue weighted by Gasteiger charge is -2.38. The van der Waals surface area contributed by atoms with Gasteiger partial charge in [0, 0.05) is 33.9 Å².